The molecule has 1 aliphatic heterocycles. The standard InChI is InChI=1S/C15H22N2O3/c1-10-6-7-17(13(10)9-16)15(18)12-8-11(19-2)4-5-14(12)20-3/h4-5,8,10,13H,6-7,9,16H2,1-3H3. The third-order valence-corrected chi connectivity index (χ3v) is 4.02. The van der Waals surface area contributed by atoms with Crippen molar-refractivity contribution in [1.29, 1.82) is 0 Å². The van der Waals surface area contributed by atoms with Gasteiger partial charge in [0.05, 0.1) is 19.8 Å². The number of rotatable bonds is 4. The highest BCUT2D eigenvalue weighted by atomic mass is 16.5. The highest BCUT2D eigenvalue weighted by Crippen LogP contribution is 2.30. The Morgan fingerprint density at radius 2 is 2.15 bits per heavy atom. The fraction of sp³-hybridized carbons (Fsp3) is 0.533. The van der Waals surface area contributed by atoms with Crippen LogP contribution in [0.15, 0.2) is 18.2 Å². The van der Waals surface area contributed by atoms with Crippen LogP contribution < -0.4 is 15.2 Å². The summed E-state index contributed by atoms with van der Waals surface area (Å²) in [5, 5.41) is 0. The van der Waals surface area contributed by atoms with Gasteiger partial charge >= 0.3 is 0 Å². The highest BCUT2D eigenvalue weighted by molar-refractivity contribution is 5.97. The van der Waals surface area contributed by atoms with Gasteiger partial charge in [-0.25, -0.2) is 0 Å². The maximum absolute atomic E-state index is 12.7. The monoisotopic (exact) mass is 278 g/mol. The summed E-state index contributed by atoms with van der Waals surface area (Å²) < 4.78 is 10.5. The van der Waals surface area contributed by atoms with Gasteiger partial charge in [0.15, 0.2) is 0 Å². The molecule has 0 saturated carbocycles. The molecular formula is C15H22N2O3. The Kier molecular flexibility index (Phi) is 4.49. The number of hydrogen-bond acceptors (Lipinski definition) is 4. The van der Waals surface area contributed by atoms with Crippen molar-refractivity contribution in [1.82, 2.24) is 4.90 Å². The molecule has 5 nitrogen and oxygen atoms in total. The summed E-state index contributed by atoms with van der Waals surface area (Å²) in [6, 6.07) is 5.35. The Morgan fingerprint density at radius 3 is 2.75 bits per heavy atom. The maximum Gasteiger partial charge on any atom is 0.258 e. The molecule has 1 amide bonds. The molecule has 20 heavy (non-hydrogen) atoms. The number of ether oxygens (including phenoxy) is 2. The molecule has 0 aromatic heterocycles. The number of nitrogens with zero attached hydrogens (tertiary/aromatic N) is 1. The number of methoxy groups -OCH3 is 2. The van der Waals surface area contributed by atoms with Crippen LogP contribution in [0.5, 0.6) is 11.5 Å². The van der Waals surface area contributed by atoms with Crippen molar-refractivity contribution < 1.29 is 14.3 Å². The molecule has 2 N–H and O–H groups in total. The Balaban J connectivity index is 2.32. The molecule has 1 aromatic rings. The number of amides is 1. The largest absolute Gasteiger partial charge is 0.497 e. The van der Waals surface area contributed by atoms with Crippen molar-refractivity contribution in [3.05, 3.63) is 23.8 Å². The second-order valence-electron chi connectivity index (χ2n) is 5.13. The van der Waals surface area contributed by atoms with Gasteiger partial charge in [0, 0.05) is 19.1 Å². The fourth-order valence-electron chi connectivity index (χ4n) is 2.76. The van der Waals surface area contributed by atoms with Crippen molar-refractivity contribution in [3.63, 3.8) is 0 Å². The van der Waals surface area contributed by atoms with Gasteiger partial charge in [-0.15, -0.1) is 0 Å². The Hall–Kier alpha value is -1.75. The van der Waals surface area contributed by atoms with Crippen molar-refractivity contribution in [2.45, 2.75) is 19.4 Å². The number of benzene rings is 1. The Morgan fingerprint density at radius 1 is 1.40 bits per heavy atom. The second-order valence-corrected chi connectivity index (χ2v) is 5.13. The van der Waals surface area contributed by atoms with E-state index >= 15 is 0 Å². The quantitative estimate of drug-likeness (QED) is 0.906. The summed E-state index contributed by atoms with van der Waals surface area (Å²) in [7, 11) is 3.14. The molecule has 1 aromatic carbocycles. The van der Waals surface area contributed by atoms with E-state index < -0.39 is 0 Å². The highest BCUT2D eigenvalue weighted by Gasteiger charge is 2.34. The van der Waals surface area contributed by atoms with Gasteiger partial charge in [-0.2, -0.15) is 0 Å². The SMILES string of the molecule is COc1ccc(OC)c(C(=O)N2CCC(C)C2CN)c1. The normalized spacial score (nSPS) is 21.9. The zero-order valence-corrected chi connectivity index (χ0v) is 12.3. The van der Waals surface area contributed by atoms with E-state index in [4.69, 9.17) is 15.2 Å². The first-order chi connectivity index (χ1) is 9.62. The lowest BCUT2D eigenvalue weighted by atomic mass is 10.0. The van der Waals surface area contributed by atoms with Crippen LogP contribution >= 0.6 is 0 Å². The number of hydrogen-bond donors (Lipinski definition) is 1. The van der Waals surface area contributed by atoms with Crippen LogP contribution in [0.4, 0.5) is 0 Å². The van der Waals surface area contributed by atoms with Crippen LogP contribution in [0.2, 0.25) is 0 Å². The summed E-state index contributed by atoms with van der Waals surface area (Å²) in [5.74, 6) is 1.60. The van der Waals surface area contributed by atoms with Crippen molar-refractivity contribution in [3.8, 4) is 11.5 Å². The minimum Gasteiger partial charge on any atom is -0.497 e. The second kappa shape index (κ2) is 6.13. The van der Waals surface area contributed by atoms with Gasteiger partial charge in [-0.3, -0.25) is 4.79 Å². The smallest absolute Gasteiger partial charge is 0.258 e. The number of nitrogens with two attached hydrogens (primary N) is 1. The van der Waals surface area contributed by atoms with Crippen LogP contribution in [0.3, 0.4) is 0 Å². The molecule has 1 saturated heterocycles. The molecule has 110 valence electrons. The fourth-order valence-corrected chi connectivity index (χ4v) is 2.76. The summed E-state index contributed by atoms with van der Waals surface area (Å²) in [4.78, 5) is 14.6. The summed E-state index contributed by atoms with van der Waals surface area (Å²) >= 11 is 0. The molecular weight excluding hydrogens is 256 g/mol. The van der Waals surface area contributed by atoms with E-state index in [0.29, 0.717) is 29.5 Å². The molecule has 2 unspecified atom stereocenters. The molecule has 0 spiro atoms. The van der Waals surface area contributed by atoms with Crippen LogP contribution in [0, 0.1) is 5.92 Å². The number of likely N-dealkylation sites (tertiary alicyclic amines) is 1. The molecule has 5 heteroatoms. The summed E-state index contributed by atoms with van der Waals surface area (Å²) in [5.41, 5.74) is 6.33. The van der Waals surface area contributed by atoms with Gasteiger partial charge in [0.1, 0.15) is 11.5 Å². The van der Waals surface area contributed by atoms with Crippen molar-refractivity contribution >= 4 is 5.91 Å². The Labute approximate surface area is 119 Å². The van der Waals surface area contributed by atoms with Crippen LogP contribution in [-0.2, 0) is 0 Å². The van der Waals surface area contributed by atoms with E-state index in [1.165, 1.54) is 0 Å². The van der Waals surface area contributed by atoms with Gasteiger partial charge in [-0.05, 0) is 30.5 Å². The molecule has 1 heterocycles. The van der Waals surface area contributed by atoms with Gasteiger partial charge in [0.25, 0.3) is 5.91 Å². The number of carbonyl (C=O) groups excluding carboxylic acids is 1. The average molecular weight is 278 g/mol. The Bertz CT molecular complexity index is 490. The van der Waals surface area contributed by atoms with E-state index in [2.05, 4.69) is 6.92 Å². The lowest BCUT2D eigenvalue weighted by molar-refractivity contribution is 0.0723. The average Bonchev–Trinajstić information content (AvgIpc) is 2.86. The third-order valence-electron chi connectivity index (χ3n) is 4.02. The first-order valence-electron chi connectivity index (χ1n) is 6.85. The topological polar surface area (TPSA) is 64.8 Å². The first kappa shape index (κ1) is 14.7. The van der Waals surface area contributed by atoms with E-state index in [9.17, 15) is 4.79 Å². The molecule has 0 bridgehead atoms. The predicted octanol–water partition coefficient (Wildman–Crippen LogP) is 1.51. The third kappa shape index (κ3) is 2.58. The first-order valence-corrected chi connectivity index (χ1v) is 6.85. The van der Waals surface area contributed by atoms with E-state index in [-0.39, 0.29) is 11.9 Å². The molecule has 2 atom stereocenters. The summed E-state index contributed by atoms with van der Waals surface area (Å²) in [6.45, 7) is 3.36. The molecule has 2 rings (SSSR count). The predicted molar refractivity (Wildman–Crippen MR) is 77.2 cm³/mol. The van der Waals surface area contributed by atoms with Crippen molar-refractivity contribution in [2.75, 3.05) is 27.3 Å². The van der Waals surface area contributed by atoms with E-state index in [1.54, 1.807) is 32.4 Å². The molecule has 0 aliphatic carbocycles. The lowest BCUT2D eigenvalue weighted by Crippen LogP contribution is -2.42. The maximum atomic E-state index is 12.7. The van der Waals surface area contributed by atoms with Gasteiger partial charge in [-0.1, -0.05) is 6.92 Å². The van der Waals surface area contributed by atoms with Crippen LogP contribution in [0.25, 0.3) is 0 Å². The van der Waals surface area contributed by atoms with Crippen LogP contribution in [-0.4, -0.2) is 44.2 Å². The zero-order chi connectivity index (χ0) is 14.7. The zero-order valence-electron chi connectivity index (χ0n) is 12.3. The van der Waals surface area contributed by atoms with Crippen LogP contribution in [0.1, 0.15) is 23.7 Å². The van der Waals surface area contributed by atoms with E-state index in [0.717, 1.165) is 13.0 Å². The minimum absolute atomic E-state index is 0.0412. The lowest BCUT2D eigenvalue weighted by Gasteiger charge is -2.26. The van der Waals surface area contributed by atoms with E-state index in [1.807, 2.05) is 4.90 Å². The minimum atomic E-state index is -0.0412. The van der Waals surface area contributed by atoms with Gasteiger partial charge < -0.3 is 20.1 Å². The molecule has 0 radical (unpaired) electrons. The van der Waals surface area contributed by atoms with Gasteiger partial charge in [0.2, 0.25) is 0 Å². The molecule has 1 aliphatic rings. The number of carbonyl (C=O) groups is 1. The van der Waals surface area contributed by atoms with Crippen molar-refractivity contribution in [2.24, 2.45) is 11.7 Å². The molecule has 1 fully saturated rings. The summed E-state index contributed by atoms with van der Waals surface area (Å²) in [6.07, 6.45) is 0.986.